The van der Waals surface area contributed by atoms with E-state index in [9.17, 15) is 23.2 Å². The number of aromatic nitrogens is 3. The van der Waals surface area contributed by atoms with Gasteiger partial charge < -0.3 is 20.2 Å². The van der Waals surface area contributed by atoms with Gasteiger partial charge in [0.1, 0.15) is 23.5 Å². The van der Waals surface area contributed by atoms with E-state index < -0.39 is 17.6 Å². The summed E-state index contributed by atoms with van der Waals surface area (Å²) in [7, 11) is 3.75. The van der Waals surface area contributed by atoms with Crippen LogP contribution in [0.25, 0.3) is 5.65 Å². The van der Waals surface area contributed by atoms with Crippen molar-refractivity contribution < 1.29 is 27.9 Å². The van der Waals surface area contributed by atoms with Crippen molar-refractivity contribution in [1.29, 1.82) is 0 Å². The van der Waals surface area contributed by atoms with Crippen molar-refractivity contribution in [2.24, 2.45) is 0 Å². The Morgan fingerprint density at radius 3 is 2.58 bits per heavy atom. The van der Waals surface area contributed by atoms with Crippen LogP contribution in [0, 0.1) is 5.82 Å². The molecule has 3 aromatic rings. The van der Waals surface area contributed by atoms with Crippen LogP contribution < -0.4 is 10.6 Å². The number of fused-ring (bicyclic) bond motifs is 1. The molecule has 1 unspecified atom stereocenters. The number of carbonyl (C=O) groups is 3. The van der Waals surface area contributed by atoms with Crippen LogP contribution in [0.4, 0.5) is 8.78 Å². The Balaban J connectivity index is 0.00000105. The molecule has 1 aliphatic rings. The molecule has 0 radical (unpaired) electrons. The number of nitrogens with one attached hydrogen (secondary N) is 2. The first-order chi connectivity index (χ1) is 19.3. The van der Waals surface area contributed by atoms with Crippen molar-refractivity contribution >= 4 is 35.3 Å². The number of aldehydes is 1. The molecule has 1 atom stereocenters. The zero-order valence-corrected chi connectivity index (χ0v) is 23.5. The van der Waals surface area contributed by atoms with Gasteiger partial charge in [-0.1, -0.05) is 29.8 Å². The van der Waals surface area contributed by atoms with Crippen LogP contribution in [0.2, 0.25) is 5.02 Å². The third-order valence-electron chi connectivity index (χ3n) is 5.79. The van der Waals surface area contributed by atoms with Gasteiger partial charge in [-0.3, -0.25) is 14.0 Å². The molecule has 2 amide bonds. The number of nitrogens with zero attached hydrogens (tertiary/aromatic N) is 3. The van der Waals surface area contributed by atoms with Crippen molar-refractivity contribution in [3.05, 3.63) is 87.6 Å². The van der Waals surface area contributed by atoms with E-state index in [4.69, 9.17) is 11.6 Å². The maximum absolute atomic E-state index is 13.4. The zero-order valence-electron chi connectivity index (χ0n) is 22.7. The summed E-state index contributed by atoms with van der Waals surface area (Å²) in [6.45, 7) is 2.00. The number of methoxy groups -OCH3 is 1. The number of hydrogen-bond acceptors (Lipinski definition) is 6. The summed E-state index contributed by atoms with van der Waals surface area (Å²) in [4.78, 5) is 41.1. The summed E-state index contributed by atoms with van der Waals surface area (Å²) in [5, 5.41) is 9.86. The highest BCUT2D eigenvalue weighted by atomic mass is 35.5. The minimum Gasteiger partial charge on any atom is -0.388 e. The molecule has 0 bridgehead atoms. The number of carbonyl (C=O) groups excluding carboxylic acids is 3. The molecule has 2 aromatic heterocycles. The van der Waals surface area contributed by atoms with Gasteiger partial charge in [0.15, 0.2) is 5.65 Å². The molecule has 214 valence electrons. The fraction of sp³-hybridized carbons (Fsp3) is 0.321. The van der Waals surface area contributed by atoms with Gasteiger partial charge in [0.25, 0.3) is 11.8 Å². The van der Waals surface area contributed by atoms with E-state index in [0.29, 0.717) is 31.2 Å². The molecule has 1 aromatic carbocycles. The van der Waals surface area contributed by atoms with Gasteiger partial charge in [0, 0.05) is 39.3 Å². The first-order valence-electron chi connectivity index (χ1n) is 12.3. The van der Waals surface area contributed by atoms with Gasteiger partial charge in [-0.2, -0.15) is 5.10 Å². The number of hydrogen-bond donors (Lipinski definition) is 2. The molecule has 2 N–H and O–H groups in total. The number of ether oxygens (including phenoxy) is 1. The van der Waals surface area contributed by atoms with E-state index in [-0.39, 0.29) is 29.0 Å². The molecule has 9 nitrogen and oxygen atoms in total. The maximum Gasteiger partial charge on any atom is 0.270 e. The van der Waals surface area contributed by atoms with E-state index >= 15 is 0 Å². The second-order valence-corrected chi connectivity index (χ2v) is 8.81. The Kier molecular flexibility index (Phi) is 13.1. The first-order valence-corrected chi connectivity index (χ1v) is 12.7. The van der Waals surface area contributed by atoms with Crippen LogP contribution in [0.3, 0.4) is 0 Å². The first kappa shape index (κ1) is 32.3. The molecule has 1 aliphatic carbocycles. The van der Waals surface area contributed by atoms with Gasteiger partial charge in [-0.15, -0.1) is 0 Å². The highest BCUT2D eigenvalue weighted by Crippen LogP contribution is 2.31. The molecule has 0 aliphatic heterocycles. The fourth-order valence-corrected chi connectivity index (χ4v) is 4.32. The minimum absolute atomic E-state index is 0.0360. The third-order valence-corrected chi connectivity index (χ3v) is 6.08. The standard InChI is InChI=1S/C25H23ClFN5O3.C2H6O.CH3F/c1-2-17-16(4-3-11-33)6-8-20(17)31-25(35)22-13-21(30-23-9-10-29-32(22)23)24(34)28-14-15-5-7-19(27)18(26)12-15;1-3-2;1-2/h2,4-5,7,9-13,20H,3,6,8,14H2,1H3,(H,28,34)(H,31,35);1-2H3;1H3/b16-4-,17-2+;;. The van der Waals surface area contributed by atoms with Crippen LogP contribution in [0.5, 0.6) is 0 Å². The molecule has 4 rings (SSSR count). The molecule has 12 heteroatoms. The van der Waals surface area contributed by atoms with Crippen molar-refractivity contribution in [3.8, 4) is 0 Å². The Morgan fingerprint density at radius 1 is 1.20 bits per heavy atom. The lowest BCUT2D eigenvalue weighted by atomic mass is 10.1. The normalized spacial score (nSPS) is 16.1. The Bertz CT molecular complexity index is 1390. The molecule has 0 saturated heterocycles. The summed E-state index contributed by atoms with van der Waals surface area (Å²) in [5.74, 6) is -1.45. The zero-order chi connectivity index (χ0) is 29.7. The fourth-order valence-electron chi connectivity index (χ4n) is 4.12. The lowest BCUT2D eigenvalue weighted by Crippen LogP contribution is -2.35. The molecule has 0 spiro atoms. The number of halogens is 3. The van der Waals surface area contributed by atoms with Crippen molar-refractivity contribution in [2.45, 2.75) is 38.8 Å². The SMILES string of the molecule is C/C=C1\C(=C/CC=O)CCC1NC(=O)c1cc(C(=O)NCc2ccc(F)c(Cl)c2)nc2ccnn12.CF.COC. The van der Waals surface area contributed by atoms with Gasteiger partial charge in [-0.25, -0.2) is 13.9 Å². The molecule has 1 saturated carbocycles. The summed E-state index contributed by atoms with van der Waals surface area (Å²) in [6, 6.07) is 6.94. The van der Waals surface area contributed by atoms with Crippen LogP contribution in [-0.2, 0) is 16.1 Å². The Labute approximate surface area is 236 Å². The number of alkyl halides is 1. The van der Waals surface area contributed by atoms with Crippen LogP contribution >= 0.6 is 11.6 Å². The van der Waals surface area contributed by atoms with Crippen molar-refractivity contribution in [3.63, 3.8) is 0 Å². The number of allylic oxidation sites excluding steroid dienone is 2. The summed E-state index contributed by atoms with van der Waals surface area (Å²) in [6.07, 6.45) is 7.94. The highest BCUT2D eigenvalue weighted by Gasteiger charge is 2.27. The molecular weight excluding hydrogens is 544 g/mol. The second-order valence-electron chi connectivity index (χ2n) is 8.41. The molecular formula is C28H32ClF2N5O4. The largest absolute Gasteiger partial charge is 0.388 e. The maximum atomic E-state index is 13.4. The summed E-state index contributed by atoms with van der Waals surface area (Å²) in [5.41, 5.74) is 3.19. The molecule has 40 heavy (non-hydrogen) atoms. The second kappa shape index (κ2) is 16.2. The van der Waals surface area contributed by atoms with Gasteiger partial charge in [0.05, 0.1) is 24.4 Å². The lowest BCUT2D eigenvalue weighted by Gasteiger charge is -2.16. The van der Waals surface area contributed by atoms with Crippen LogP contribution in [0.15, 0.2) is 59.8 Å². The van der Waals surface area contributed by atoms with Gasteiger partial charge >= 0.3 is 0 Å². The smallest absolute Gasteiger partial charge is 0.270 e. The van der Waals surface area contributed by atoms with E-state index in [1.165, 1.54) is 35.0 Å². The van der Waals surface area contributed by atoms with Crippen molar-refractivity contribution in [1.82, 2.24) is 25.2 Å². The summed E-state index contributed by atoms with van der Waals surface area (Å²) < 4.78 is 28.5. The van der Waals surface area contributed by atoms with Crippen LogP contribution in [-0.4, -0.2) is 60.1 Å². The predicted molar refractivity (Wildman–Crippen MR) is 149 cm³/mol. The average molecular weight is 576 g/mol. The van der Waals surface area contributed by atoms with E-state index in [1.807, 2.05) is 19.1 Å². The number of benzene rings is 1. The highest BCUT2D eigenvalue weighted by molar-refractivity contribution is 6.30. The van der Waals surface area contributed by atoms with Crippen LogP contribution in [0.1, 0.15) is 52.7 Å². The number of rotatable bonds is 7. The summed E-state index contributed by atoms with van der Waals surface area (Å²) >= 11 is 5.80. The van der Waals surface area contributed by atoms with Gasteiger partial charge in [0.2, 0.25) is 0 Å². The predicted octanol–water partition coefficient (Wildman–Crippen LogP) is 4.65. The molecule has 1 fully saturated rings. The van der Waals surface area contributed by atoms with Crippen molar-refractivity contribution in [2.75, 3.05) is 21.4 Å². The Morgan fingerprint density at radius 2 is 1.93 bits per heavy atom. The average Bonchev–Trinajstić information content (AvgIpc) is 3.59. The Hall–Kier alpha value is -3.96. The monoisotopic (exact) mass is 575 g/mol. The van der Waals surface area contributed by atoms with Gasteiger partial charge in [-0.05, 0) is 48.6 Å². The van der Waals surface area contributed by atoms with E-state index in [1.54, 1.807) is 20.3 Å². The topological polar surface area (TPSA) is 115 Å². The minimum atomic E-state index is -0.542. The third kappa shape index (κ3) is 8.27. The van der Waals surface area contributed by atoms with E-state index in [2.05, 4.69) is 25.5 Å². The quantitative estimate of drug-likeness (QED) is 0.396. The number of amides is 2. The lowest BCUT2D eigenvalue weighted by molar-refractivity contribution is -0.107. The molecule has 2 heterocycles. The van der Waals surface area contributed by atoms with E-state index in [0.717, 1.165) is 23.9 Å².